The first-order valence-corrected chi connectivity index (χ1v) is 9.12. The summed E-state index contributed by atoms with van der Waals surface area (Å²) in [5.74, 6) is 1.59. The lowest BCUT2D eigenvalue weighted by Crippen LogP contribution is -2.23. The van der Waals surface area contributed by atoms with Crippen LogP contribution in [0.4, 0.5) is 0 Å². The summed E-state index contributed by atoms with van der Waals surface area (Å²) < 4.78 is 1.65. The van der Waals surface area contributed by atoms with Crippen molar-refractivity contribution < 1.29 is 9.90 Å². The number of allylic oxidation sites excluding steroid dienone is 5. The summed E-state index contributed by atoms with van der Waals surface area (Å²) in [7, 11) is 3.18. The average molecular weight is 374 g/mol. The molecule has 1 amide bonds. The minimum Gasteiger partial charge on any atom is -0.503 e. The predicted molar refractivity (Wildman–Crippen MR) is 114 cm³/mol. The lowest BCUT2D eigenvalue weighted by atomic mass is 10.1. The second-order valence-electron chi connectivity index (χ2n) is 5.74. The van der Waals surface area contributed by atoms with E-state index in [9.17, 15) is 9.90 Å². The topological polar surface area (TPSA) is 58.4 Å². The largest absolute Gasteiger partial charge is 0.503 e. The molecule has 1 aliphatic rings. The van der Waals surface area contributed by atoms with Gasteiger partial charge in [0.25, 0.3) is 5.91 Å². The highest BCUT2D eigenvalue weighted by molar-refractivity contribution is 5.90. The minimum absolute atomic E-state index is 0.256. The summed E-state index contributed by atoms with van der Waals surface area (Å²) in [5.41, 5.74) is 2.41. The van der Waals surface area contributed by atoms with E-state index in [1.54, 1.807) is 31.9 Å². The fourth-order valence-corrected chi connectivity index (χ4v) is 1.78. The van der Waals surface area contributed by atoms with Gasteiger partial charge in [0.1, 0.15) is 0 Å². The Morgan fingerprint density at radius 3 is 2.33 bits per heavy atom. The Morgan fingerprint density at radius 1 is 1.41 bits per heavy atom. The number of carbonyl (C=O) groups excluding carboxylic acids is 1. The number of nitrogens with zero attached hydrogens (tertiary/aromatic N) is 3. The summed E-state index contributed by atoms with van der Waals surface area (Å²) >= 11 is 0. The third-order valence-electron chi connectivity index (χ3n) is 3.09. The number of likely N-dealkylation sites (N-methyl/N-ethyl adjacent to an activating group) is 1. The molecule has 0 aromatic carbocycles. The first kappa shape index (κ1) is 26.5. The fraction of sp³-hybridized carbons (Fsp3) is 0.455. The second-order valence-corrected chi connectivity index (χ2v) is 5.74. The van der Waals surface area contributed by atoms with Gasteiger partial charge in [0.2, 0.25) is 0 Å². The number of aliphatic hydroxyl groups excluding tert-OH is 1. The molecule has 0 unspecified atom stereocenters. The molecule has 1 aromatic heterocycles. The first-order chi connectivity index (χ1) is 12.8. The van der Waals surface area contributed by atoms with Crippen LogP contribution in [-0.2, 0) is 11.3 Å². The Kier molecular flexibility index (Phi) is 16.4. The molecule has 1 aromatic rings. The van der Waals surface area contributed by atoms with E-state index in [4.69, 9.17) is 0 Å². The van der Waals surface area contributed by atoms with Crippen molar-refractivity contribution in [2.75, 3.05) is 14.1 Å². The van der Waals surface area contributed by atoms with E-state index in [-0.39, 0.29) is 5.76 Å². The van der Waals surface area contributed by atoms with Gasteiger partial charge in [-0.15, -0.1) is 12.3 Å². The van der Waals surface area contributed by atoms with Crippen LogP contribution in [0.3, 0.4) is 0 Å². The summed E-state index contributed by atoms with van der Waals surface area (Å²) in [6.07, 6.45) is 16.8. The number of carbonyl (C=O) groups is 1. The molecule has 150 valence electrons. The van der Waals surface area contributed by atoms with Gasteiger partial charge in [0.05, 0.1) is 12.2 Å². The number of terminal acetylenes is 1. The van der Waals surface area contributed by atoms with Crippen molar-refractivity contribution in [2.45, 2.75) is 54.0 Å². The van der Waals surface area contributed by atoms with Gasteiger partial charge in [-0.2, -0.15) is 5.10 Å². The fourth-order valence-electron chi connectivity index (χ4n) is 1.78. The highest BCUT2D eigenvalue weighted by Crippen LogP contribution is 2.08. The molecule has 0 spiro atoms. The van der Waals surface area contributed by atoms with E-state index >= 15 is 0 Å². The quantitative estimate of drug-likeness (QED) is 0.476. The summed E-state index contributed by atoms with van der Waals surface area (Å²) in [6, 6.07) is 1.86. The van der Waals surface area contributed by atoms with E-state index in [1.165, 1.54) is 29.4 Å². The monoisotopic (exact) mass is 373 g/mol. The Labute approximate surface area is 165 Å². The number of rotatable bonds is 3. The Hall–Kier alpha value is -2.74. The van der Waals surface area contributed by atoms with Gasteiger partial charge in [-0.3, -0.25) is 9.48 Å². The van der Waals surface area contributed by atoms with Gasteiger partial charge < -0.3 is 10.0 Å². The third-order valence-corrected chi connectivity index (χ3v) is 3.09. The van der Waals surface area contributed by atoms with Crippen molar-refractivity contribution in [3.63, 3.8) is 0 Å². The summed E-state index contributed by atoms with van der Waals surface area (Å²) in [5, 5.41) is 13.5. The highest BCUT2D eigenvalue weighted by atomic mass is 16.3. The first-order valence-electron chi connectivity index (χ1n) is 9.12. The van der Waals surface area contributed by atoms with Gasteiger partial charge in [0.15, 0.2) is 5.76 Å². The van der Waals surface area contributed by atoms with Crippen LogP contribution in [0.2, 0.25) is 0 Å². The zero-order chi connectivity index (χ0) is 21.2. The molecule has 2 rings (SSSR count). The molecule has 5 nitrogen and oxygen atoms in total. The van der Waals surface area contributed by atoms with E-state index in [0.717, 1.165) is 5.69 Å². The minimum atomic E-state index is -0.404. The maximum Gasteiger partial charge on any atom is 0.287 e. The molecule has 1 heterocycles. The van der Waals surface area contributed by atoms with Crippen molar-refractivity contribution in [1.29, 1.82) is 0 Å². The summed E-state index contributed by atoms with van der Waals surface area (Å²) in [4.78, 5) is 12.6. The standard InChI is InChI=1S/C10H15N3O2.C7H10.C3H4.C2H6/c1-8-4-6-13(11-8)7-5-9(14)10(15)12(2)3;1-7-5-3-2-4-6-7;1-3-2;1-2/h4-6,14H,7H2,1-3H3;2-3,5H,4,6H2,1H3;1H,2H3;1-2H3/b9-5+;;;. The van der Waals surface area contributed by atoms with Gasteiger partial charge in [0, 0.05) is 20.3 Å². The maximum absolute atomic E-state index is 11.2. The van der Waals surface area contributed by atoms with Crippen LogP contribution >= 0.6 is 0 Å². The SMILES string of the molecule is C#CC.CC.CC1=CC=CCC1.Cc1ccn(C/C=C(/O)C(=O)N(C)C)n1. The molecule has 0 radical (unpaired) electrons. The van der Waals surface area contributed by atoms with Crippen LogP contribution in [0.5, 0.6) is 0 Å². The Morgan fingerprint density at radius 2 is 2.00 bits per heavy atom. The molecule has 0 saturated heterocycles. The second kappa shape index (κ2) is 16.7. The molecular weight excluding hydrogens is 338 g/mol. The summed E-state index contributed by atoms with van der Waals surface area (Å²) in [6.45, 7) is 10.1. The van der Waals surface area contributed by atoms with E-state index in [1.807, 2.05) is 26.8 Å². The Balaban J connectivity index is 0. The molecular formula is C22H35N3O2. The molecule has 0 saturated carbocycles. The lowest BCUT2D eigenvalue weighted by Gasteiger charge is -2.08. The van der Waals surface area contributed by atoms with Crippen LogP contribution in [0.1, 0.15) is 46.2 Å². The number of aromatic nitrogens is 2. The average Bonchev–Trinajstić information content (AvgIpc) is 3.08. The van der Waals surface area contributed by atoms with Crippen LogP contribution in [0.25, 0.3) is 0 Å². The zero-order valence-corrected chi connectivity index (χ0v) is 17.9. The Bertz CT molecular complexity index is 659. The van der Waals surface area contributed by atoms with Crippen LogP contribution < -0.4 is 0 Å². The highest BCUT2D eigenvalue weighted by Gasteiger charge is 2.08. The van der Waals surface area contributed by atoms with Crippen LogP contribution in [0.15, 0.2) is 47.9 Å². The van der Waals surface area contributed by atoms with E-state index < -0.39 is 5.91 Å². The van der Waals surface area contributed by atoms with Crippen molar-refractivity contribution in [2.24, 2.45) is 0 Å². The van der Waals surface area contributed by atoms with E-state index in [0.29, 0.717) is 6.54 Å². The van der Waals surface area contributed by atoms with Crippen LogP contribution in [-0.4, -0.2) is 39.8 Å². The number of amides is 1. The van der Waals surface area contributed by atoms with Crippen molar-refractivity contribution in [3.8, 4) is 12.3 Å². The third kappa shape index (κ3) is 14.1. The van der Waals surface area contributed by atoms with Gasteiger partial charge in [-0.1, -0.05) is 37.6 Å². The molecule has 0 atom stereocenters. The smallest absolute Gasteiger partial charge is 0.287 e. The molecule has 5 heteroatoms. The van der Waals surface area contributed by atoms with Gasteiger partial charge in [-0.25, -0.2) is 0 Å². The van der Waals surface area contributed by atoms with Gasteiger partial charge >= 0.3 is 0 Å². The molecule has 0 bridgehead atoms. The van der Waals surface area contributed by atoms with Crippen molar-refractivity contribution in [1.82, 2.24) is 14.7 Å². The number of hydrogen-bond acceptors (Lipinski definition) is 3. The molecule has 27 heavy (non-hydrogen) atoms. The molecule has 0 aliphatic heterocycles. The van der Waals surface area contributed by atoms with Crippen molar-refractivity contribution in [3.05, 3.63) is 53.6 Å². The number of aryl methyl sites for hydroxylation is 1. The van der Waals surface area contributed by atoms with Gasteiger partial charge in [-0.05, 0) is 45.8 Å². The lowest BCUT2D eigenvalue weighted by molar-refractivity contribution is -0.127. The maximum atomic E-state index is 11.2. The van der Waals surface area contributed by atoms with Crippen molar-refractivity contribution >= 4 is 5.91 Å². The molecule has 1 N–H and O–H groups in total. The number of aliphatic hydroxyl groups is 1. The molecule has 0 fully saturated rings. The molecule has 1 aliphatic carbocycles. The zero-order valence-electron chi connectivity index (χ0n) is 17.9. The normalized spacial score (nSPS) is 11.9. The van der Waals surface area contributed by atoms with Crippen LogP contribution in [0, 0.1) is 19.3 Å². The number of hydrogen-bond donors (Lipinski definition) is 1. The predicted octanol–water partition coefficient (Wildman–Crippen LogP) is 4.67. The van der Waals surface area contributed by atoms with E-state index in [2.05, 4.69) is 42.6 Å².